The van der Waals surface area contributed by atoms with Crippen LogP contribution in [-0.2, 0) is 17.9 Å². The Morgan fingerprint density at radius 1 is 1.04 bits per heavy atom. The Hall–Kier alpha value is -3.74. The van der Waals surface area contributed by atoms with Crippen LogP contribution in [-0.4, -0.2) is 21.4 Å². The summed E-state index contributed by atoms with van der Waals surface area (Å²) in [6.45, 7) is 2.15. The molecule has 0 saturated heterocycles. The first-order chi connectivity index (χ1) is 13.5. The summed E-state index contributed by atoms with van der Waals surface area (Å²) in [5, 5.41) is 5.55. The van der Waals surface area contributed by atoms with Crippen LogP contribution in [0.15, 0.2) is 71.9 Å². The second kappa shape index (κ2) is 8.77. The molecule has 0 aliphatic heterocycles. The van der Waals surface area contributed by atoms with Crippen LogP contribution < -0.4 is 16.2 Å². The molecule has 2 amide bonds. The molecule has 0 aliphatic rings. The van der Waals surface area contributed by atoms with Gasteiger partial charge in [-0.2, -0.15) is 0 Å². The number of aryl methyl sites for hydroxylation is 1. The van der Waals surface area contributed by atoms with Crippen molar-refractivity contribution in [2.24, 2.45) is 0 Å². The topological polar surface area (TPSA) is 93.1 Å². The zero-order valence-electron chi connectivity index (χ0n) is 15.4. The van der Waals surface area contributed by atoms with Crippen molar-refractivity contribution in [2.75, 3.05) is 5.32 Å². The van der Waals surface area contributed by atoms with Crippen molar-refractivity contribution in [1.82, 2.24) is 14.9 Å². The van der Waals surface area contributed by atoms with Gasteiger partial charge in [-0.05, 0) is 60.5 Å². The van der Waals surface area contributed by atoms with Crippen molar-refractivity contribution in [3.8, 4) is 0 Å². The molecular formula is C21H20N4O3. The second-order valence-corrected chi connectivity index (χ2v) is 6.33. The minimum atomic E-state index is -0.319. The van der Waals surface area contributed by atoms with E-state index in [1.807, 2.05) is 19.1 Å². The normalized spacial score (nSPS) is 10.3. The molecular weight excluding hydrogens is 356 g/mol. The number of rotatable bonds is 6. The summed E-state index contributed by atoms with van der Waals surface area (Å²) >= 11 is 0. The Morgan fingerprint density at radius 3 is 2.43 bits per heavy atom. The molecule has 2 N–H and O–H groups in total. The SMILES string of the molecule is Cc1ccn(CC(=O)Nc2ccc(C(=O)NCc3ccncc3)cc2)c(=O)c1. The zero-order valence-corrected chi connectivity index (χ0v) is 15.4. The van der Waals surface area contributed by atoms with Gasteiger partial charge in [0.1, 0.15) is 6.54 Å². The maximum absolute atomic E-state index is 12.2. The number of nitrogens with zero attached hydrogens (tertiary/aromatic N) is 2. The minimum absolute atomic E-state index is 0.0761. The summed E-state index contributed by atoms with van der Waals surface area (Å²) in [7, 11) is 0. The number of nitrogens with one attached hydrogen (secondary N) is 2. The number of carbonyl (C=O) groups is 2. The van der Waals surface area contributed by atoms with Crippen LogP contribution in [0.1, 0.15) is 21.5 Å². The average Bonchev–Trinajstić information content (AvgIpc) is 2.69. The molecule has 0 aliphatic carbocycles. The number of hydrogen-bond donors (Lipinski definition) is 2. The maximum atomic E-state index is 12.2. The van der Waals surface area contributed by atoms with Gasteiger partial charge < -0.3 is 15.2 Å². The standard InChI is InChI=1S/C21H20N4O3/c1-15-8-11-25(20(27)12-15)14-19(26)24-18-4-2-17(3-5-18)21(28)23-13-16-6-9-22-10-7-16/h2-12H,13-14H2,1H3,(H,23,28)(H,24,26). The van der Waals surface area contributed by atoms with E-state index in [1.165, 1.54) is 10.6 Å². The molecule has 7 heteroatoms. The number of hydrogen-bond acceptors (Lipinski definition) is 4. The lowest BCUT2D eigenvalue weighted by atomic mass is 10.2. The molecule has 0 atom stereocenters. The van der Waals surface area contributed by atoms with E-state index in [-0.39, 0.29) is 23.9 Å². The molecule has 2 heterocycles. The lowest BCUT2D eigenvalue weighted by Crippen LogP contribution is -2.27. The molecule has 1 aromatic carbocycles. The lowest BCUT2D eigenvalue weighted by Gasteiger charge is -2.09. The van der Waals surface area contributed by atoms with Gasteiger partial charge in [0.2, 0.25) is 5.91 Å². The Balaban J connectivity index is 1.55. The number of amides is 2. The summed E-state index contributed by atoms with van der Waals surface area (Å²) < 4.78 is 1.34. The number of anilines is 1. The molecule has 3 rings (SSSR count). The van der Waals surface area contributed by atoms with Crippen molar-refractivity contribution in [1.29, 1.82) is 0 Å². The summed E-state index contributed by atoms with van der Waals surface area (Å²) in [5.74, 6) is -0.526. The molecule has 0 bridgehead atoms. The van der Waals surface area contributed by atoms with E-state index in [9.17, 15) is 14.4 Å². The predicted molar refractivity (Wildman–Crippen MR) is 106 cm³/mol. The van der Waals surface area contributed by atoms with Crippen LogP contribution in [0.4, 0.5) is 5.69 Å². The van der Waals surface area contributed by atoms with Gasteiger partial charge in [-0.15, -0.1) is 0 Å². The third kappa shape index (κ3) is 5.14. The largest absolute Gasteiger partial charge is 0.348 e. The van der Waals surface area contributed by atoms with Crippen molar-refractivity contribution >= 4 is 17.5 Å². The molecule has 0 saturated carbocycles. The highest BCUT2D eigenvalue weighted by molar-refractivity contribution is 5.95. The average molecular weight is 376 g/mol. The third-order valence-electron chi connectivity index (χ3n) is 4.10. The highest BCUT2D eigenvalue weighted by Crippen LogP contribution is 2.10. The summed E-state index contributed by atoms with van der Waals surface area (Å²) in [6, 6.07) is 13.5. The van der Waals surface area contributed by atoms with Crippen LogP contribution in [0.25, 0.3) is 0 Å². The first-order valence-corrected chi connectivity index (χ1v) is 8.75. The van der Waals surface area contributed by atoms with Crippen molar-refractivity contribution in [3.05, 3.63) is 94.2 Å². The van der Waals surface area contributed by atoms with E-state index in [0.717, 1.165) is 11.1 Å². The highest BCUT2D eigenvalue weighted by atomic mass is 16.2. The van der Waals surface area contributed by atoms with E-state index in [1.54, 1.807) is 48.9 Å². The Bertz CT molecular complexity index is 1030. The van der Waals surface area contributed by atoms with Gasteiger partial charge in [0, 0.05) is 42.5 Å². The van der Waals surface area contributed by atoms with Crippen LogP contribution in [0.2, 0.25) is 0 Å². The Labute approximate surface area is 162 Å². The Kier molecular flexibility index (Phi) is 5.96. The minimum Gasteiger partial charge on any atom is -0.348 e. The first kappa shape index (κ1) is 19.0. The van der Waals surface area contributed by atoms with Gasteiger partial charge in [-0.25, -0.2) is 0 Å². The van der Waals surface area contributed by atoms with Gasteiger partial charge in [-0.1, -0.05) is 0 Å². The molecule has 0 spiro atoms. The molecule has 142 valence electrons. The fourth-order valence-electron chi connectivity index (χ4n) is 2.58. The van der Waals surface area contributed by atoms with Gasteiger partial charge in [-0.3, -0.25) is 19.4 Å². The van der Waals surface area contributed by atoms with Crippen molar-refractivity contribution in [2.45, 2.75) is 20.0 Å². The fraction of sp³-hybridized carbons (Fsp3) is 0.143. The zero-order chi connectivity index (χ0) is 19.9. The van der Waals surface area contributed by atoms with Crippen molar-refractivity contribution in [3.63, 3.8) is 0 Å². The van der Waals surface area contributed by atoms with E-state index in [0.29, 0.717) is 17.8 Å². The van der Waals surface area contributed by atoms with E-state index in [2.05, 4.69) is 15.6 Å². The lowest BCUT2D eigenvalue weighted by molar-refractivity contribution is -0.116. The van der Waals surface area contributed by atoms with Gasteiger partial charge >= 0.3 is 0 Å². The van der Waals surface area contributed by atoms with Gasteiger partial charge in [0.25, 0.3) is 11.5 Å². The van der Waals surface area contributed by atoms with E-state index >= 15 is 0 Å². The number of pyridine rings is 2. The predicted octanol–water partition coefficient (Wildman–Crippen LogP) is 2.12. The number of benzene rings is 1. The summed E-state index contributed by atoms with van der Waals surface area (Å²) in [6.07, 6.45) is 4.93. The monoisotopic (exact) mass is 376 g/mol. The van der Waals surface area contributed by atoms with Crippen LogP contribution in [0.5, 0.6) is 0 Å². The highest BCUT2D eigenvalue weighted by Gasteiger charge is 2.08. The molecule has 2 aromatic heterocycles. The molecule has 0 radical (unpaired) electrons. The fourth-order valence-corrected chi connectivity index (χ4v) is 2.58. The molecule has 3 aromatic rings. The number of carbonyl (C=O) groups excluding carboxylic acids is 2. The van der Waals surface area contributed by atoms with Crippen LogP contribution in [0, 0.1) is 6.92 Å². The molecule has 28 heavy (non-hydrogen) atoms. The maximum Gasteiger partial charge on any atom is 0.251 e. The van der Waals surface area contributed by atoms with Crippen molar-refractivity contribution < 1.29 is 9.59 Å². The quantitative estimate of drug-likeness (QED) is 0.689. The molecule has 7 nitrogen and oxygen atoms in total. The smallest absolute Gasteiger partial charge is 0.251 e. The first-order valence-electron chi connectivity index (χ1n) is 8.75. The molecule has 0 unspecified atom stereocenters. The van der Waals surface area contributed by atoms with E-state index in [4.69, 9.17) is 0 Å². The third-order valence-corrected chi connectivity index (χ3v) is 4.10. The second-order valence-electron chi connectivity index (χ2n) is 6.33. The van der Waals surface area contributed by atoms with E-state index < -0.39 is 0 Å². The Morgan fingerprint density at radius 2 is 1.75 bits per heavy atom. The van der Waals surface area contributed by atoms with Gasteiger partial charge in [0.05, 0.1) is 0 Å². The van der Waals surface area contributed by atoms with Gasteiger partial charge in [0.15, 0.2) is 0 Å². The summed E-state index contributed by atoms with van der Waals surface area (Å²) in [4.78, 5) is 40.1. The summed E-state index contributed by atoms with van der Waals surface area (Å²) in [5.41, 5.74) is 2.62. The molecule has 0 fully saturated rings. The number of aromatic nitrogens is 2. The van der Waals surface area contributed by atoms with Crippen LogP contribution >= 0.6 is 0 Å². The van der Waals surface area contributed by atoms with Crippen LogP contribution in [0.3, 0.4) is 0 Å².